The van der Waals surface area contributed by atoms with Gasteiger partial charge < -0.3 is 5.32 Å². The van der Waals surface area contributed by atoms with Crippen LogP contribution in [-0.4, -0.2) is 27.2 Å². The van der Waals surface area contributed by atoms with Gasteiger partial charge in [-0.05, 0) is 39.0 Å². The molecule has 0 aliphatic rings. The van der Waals surface area contributed by atoms with Crippen LogP contribution in [-0.2, 0) is 10.8 Å². The molecule has 0 radical (unpaired) electrons. The first-order valence-corrected chi connectivity index (χ1v) is 7.95. The molecule has 106 valence electrons. The minimum absolute atomic E-state index is 0.0177. The lowest BCUT2D eigenvalue weighted by molar-refractivity contribution is 0.0952. The minimum Gasteiger partial charge on any atom is -0.351 e. The number of hydrogen-bond donors (Lipinski definition) is 1. The van der Waals surface area contributed by atoms with E-state index in [0.29, 0.717) is 10.2 Å². The summed E-state index contributed by atoms with van der Waals surface area (Å²) in [6.07, 6.45) is 0. The highest BCUT2D eigenvalue weighted by atomic mass is 79.9. The standard InChI is InChI=1S/C13H17BrFNO2S/c1-13(2,3)19(18)7-6-16-12(17)10-8-9(14)4-5-11(10)15/h4-5,8H,6-7H2,1-3H3,(H,16,17). The van der Waals surface area contributed by atoms with E-state index in [0.717, 1.165) is 0 Å². The average molecular weight is 350 g/mol. The van der Waals surface area contributed by atoms with Crippen LogP contribution >= 0.6 is 15.9 Å². The Morgan fingerprint density at radius 1 is 1.42 bits per heavy atom. The van der Waals surface area contributed by atoms with E-state index in [2.05, 4.69) is 21.2 Å². The highest BCUT2D eigenvalue weighted by molar-refractivity contribution is 9.10. The van der Waals surface area contributed by atoms with Gasteiger partial charge >= 0.3 is 0 Å². The lowest BCUT2D eigenvalue weighted by Gasteiger charge is -2.17. The predicted octanol–water partition coefficient (Wildman–Crippen LogP) is 2.87. The van der Waals surface area contributed by atoms with E-state index in [1.165, 1.54) is 18.2 Å². The highest BCUT2D eigenvalue weighted by Crippen LogP contribution is 2.15. The molecule has 1 unspecified atom stereocenters. The smallest absolute Gasteiger partial charge is 0.254 e. The van der Waals surface area contributed by atoms with Crippen molar-refractivity contribution in [2.45, 2.75) is 25.5 Å². The summed E-state index contributed by atoms with van der Waals surface area (Å²) < 4.78 is 25.6. The molecule has 0 aliphatic carbocycles. The molecule has 0 aliphatic heterocycles. The van der Waals surface area contributed by atoms with Gasteiger partial charge in [-0.1, -0.05) is 15.9 Å². The summed E-state index contributed by atoms with van der Waals surface area (Å²) in [6, 6.07) is 4.18. The summed E-state index contributed by atoms with van der Waals surface area (Å²) >= 11 is 3.19. The Balaban J connectivity index is 2.57. The zero-order valence-electron chi connectivity index (χ0n) is 11.1. The SMILES string of the molecule is CC(C)(C)S(=O)CCNC(=O)c1cc(Br)ccc1F. The maximum absolute atomic E-state index is 13.5. The molecule has 1 amide bonds. The summed E-state index contributed by atoms with van der Waals surface area (Å²) in [5.41, 5.74) is -0.0177. The van der Waals surface area contributed by atoms with E-state index in [4.69, 9.17) is 0 Å². The number of hydrogen-bond acceptors (Lipinski definition) is 2. The Bertz CT molecular complexity index is 500. The van der Waals surface area contributed by atoms with Gasteiger partial charge in [0.1, 0.15) is 5.82 Å². The Labute approximate surface area is 123 Å². The maximum atomic E-state index is 13.5. The van der Waals surface area contributed by atoms with Crippen LogP contribution in [0.2, 0.25) is 0 Å². The second kappa shape index (κ2) is 6.61. The second-order valence-electron chi connectivity index (χ2n) is 5.04. The number of carbonyl (C=O) groups excluding carboxylic acids is 1. The Kier molecular flexibility index (Phi) is 5.67. The first-order chi connectivity index (χ1) is 8.71. The van der Waals surface area contributed by atoms with Crippen molar-refractivity contribution in [2.75, 3.05) is 12.3 Å². The lowest BCUT2D eigenvalue weighted by atomic mass is 10.2. The fraction of sp³-hybridized carbons (Fsp3) is 0.462. The zero-order chi connectivity index (χ0) is 14.6. The first-order valence-electron chi connectivity index (χ1n) is 5.83. The van der Waals surface area contributed by atoms with Gasteiger partial charge in [0, 0.05) is 32.3 Å². The van der Waals surface area contributed by atoms with Crippen molar-refractivity contribution >= 4 is 32.6 Å². The van der Waals surface area contributed by atoms with Gasteiger partial charge in [-0.25, -0.2) is 4.39 Å². The third-order valence-electron chi connectivity index (χ3n) is 2.43. The average Bonchev–Trinajstić information content (AvgIpc) is 2.30. The van der Waals surface area contributed by atoms with Gasteiger partial charge in [0.15, 0.2) is 0 Å². The summed E-state index contributed by atoms with van der Waals surface area (Å²) in [5.74, 6) is -0.715. The lowest BCUT2D eigenvalue weighted by Crippen LogP contribution is -2.33. The van der Waals surface area contributed by atoms with Crippen molar-refractivity contribution in [3.8, 4) is 0 Å². The Hall–Kier alpha value is -0.750. The molecule has 0 aromatic heterocycles. The number of amides is 1. The van der Waals surface area contributed by atoms with Crippen LogP contribution in [0.4, 0.5) is 4.39 Å². The Morgan fingerprint density at radius 2 is 2.05 bits per heavy atom. The fourth-order valence-electron chi connectivity index (χ4n) is 1.33. The molecule has 1 aromatic carbocycles. The molecule has 1 aromatic rings. The quantitative estimate of drug-likeness (QED) is 0.908. The van der Waals surface area contributed by atoms with Gasteiger partial charge in [0.25, 0.3) is 5.91 Å². The van der Waals surface area contributed by atoms with E-state index in [9.17, 15) is 13.4 Å². The topological polar surface area (TPSA) is 46.2 Å². The van der Waals surface area contributed by atoms with Crippen molar-refractivity contribution in [2.24, 2.45) is 0 Å². The predicted molar refractivity (Wildman–Crippen MR) is 79.2 cm³/mol. The van der Waals surface area contributed by atoms with Crippen LogP contribution in [0.5, 0.6) is 0 Å². The van der Waals surface area contributed by atoms with Crippen molar-refractivity contribution in [3.63, 3.8) is 0 Å². The number of benzene rings is 1. The van der Waals surface area contributed by atoms with Crippen molar-refractivity contribution < 1.29 is 13.4 Å². The van der Waals surface area contributed by atoms with Crippen LogP contribution in [0.15, 0.2) is 22.7 Å². The van der Waals surface area contributed by atoms with Crippen LogP contribution in [0.3, 0.4) is 0 Å². The van der Waals surface area contributed by atoms with Crippen molar-refractivity contribution in [3.05, 3.63) is 34.1 Å². The fourth-order valence-corrected chi connectivity index (χ4v) is 2.59. The third kappa shape index (κ3) is 5.03. The Morgan fingerprint density at radius 3 is 2.63 bits per heavy atom. The van der Waals surface area contributed by atoms with Crippen LogP contribution in [0.1, 0.15) is 31.1 Å². The highest BCUT2D eigenvalue weighted by Gasteiger charge is 2.19. The molecular formula is C13H17BrFNO2S. The second-order valence-corrected chi connectivity index (χ2v) is 8.28. The van der Waals surface area contributed by atoms with Crippen LogP contribution in [0, 0.1) is 5.82 Å². The number of nitrogens with one attached hydrogen (secondary N) is 1. The first kappa shape index (κ1) is 16.3. The molecule has 0 saturated carbocycles. The van der Waals surface area contributed by atoms with Crippen molar-refractivity contribution in [1.82, 2.24) is 5.32 Å². The normalized spacial score (nSPS) is 13.1. The maximum Gasteiger partial charge on any atom is 0.254 e. The number of halogens is 2. The van der Waals surface area contributed by atoms with E-state index < -0.39 is 22.5 Å². The molecular weight excluding hydrogens is 333 g/mol. The minimum atomic E-state index is -1.04. The van der Waals surface area contributed by atoms with E-state index in [1.54, 1.807) is 0 Å². The number of carbonyl (C=O) groups is 1. The molecule has 0 bridgehead atoms. The van der Waals surface area contributed by atoms with Crippen molar-refractivity contribution in [1.29, 1.82) is 0 Å². The summed E-state index contributed by atoms with van der Waals surface area (Å²) in [4.78, 5) is 11.8. The molecule has 1 atom stereocenters. The van der Waals surface area contributed by atoms with E-state index >= 15 is 0 Å². The molecule has 19 heavy (non-hydrogen) atoms. The van der Waals surface area contributed by atoms with Crippen LogP contribution < -0.4 is 5.32 Å². The van der Waals surface area contributed by atoms with Gasteiger partial charge in [0.2, 0.25) is 0 Å². The van der Waals surface area contributed by atoms with Crippen LogP contribution in [0.25, 0.3) is 0 Å². The summed E-state index contributed by atoms with van der Waals surface area (Å²) in [5, 5.41) is 2.58. The molecule has 3 nitrogen and oxygen atoms in total. The van der Waals surface area contributed by atoms with E-state index in [1.807, 2.05) is 20.8 Å². The zero-order valence-corrected chi connectivity index (χ0v) is 13.5. The van der Waals surface area contributed by atoms with Gasteiger partial charge in [0.05, 0.1) is 5.56 Å². The molecule has 0 spiro atoms. The third-order valence-corrected chi connectivity index (χ3v) is 4.86. The van der Waals surface area contributed by atoms with Gasteiger partial charge in [-0.2, -0.15) is 0 Å². The summed E-state index contributed by atoms with van der Waals surface area (Å²) in [6.45, 7) is 5.88. The summed E-state index contributed by atoms with van der Waals surface area (Å²) in [7, 11) is -1.04. The molecule has 1 rings (SSSR count). The molecule has 0 heterocycles. The number of rotatable bonds is 4. The molecule has 1 N–H and O–H groups in total. The monoisotopic (exact) mass is 349 g/mol. The van der Waals surface area contributed by atoms with E-state index in [-0.39, 0.29) is 16.9 Å². The molecule has 6 heteroatoms. The largest absolute Gasteiger partial charge is 0.351 e. The van der Waals surface area contributed by atoms with Gasteiger partial charge in [-0.3, -0.25) is 9.00 Å². The molecule has 0 fully saturated rings. The van der Waals surface area contributed by atoms with Gasteiger partial charge in [-0.15, -0.1) is 0 Å². The molecule has 0 saturated heterocycles.